The second-order valence-corrected chi connectivity index (χ2v) is 4.89. The van der Waals surface area contributed by atoms with E-state index in [-0.39, 0.29) is 11.3 Å². The Kier molecular flexibility index (Phi) is 4.16. The molecule has 0 atom stereocenters. The number of thiophene rings is 1. The lowest BCUT2D eigenvalue weighted by Crippen LogP contribution is -2.02. The van der Waals surface area contributed by atoms with Gasteiger partial charge in [0.15, 0.2) is 0 Å². The quantitative estimate of drug-likeness (QED) is 0.779. The van der Waals surface area contributed by atoms with Crippen LogP contribution in [-0.4, -0.2) is 27.9 Å². The molecule has 2 N–H and O–H groups in total. The predicted octanol–water partition coefficient (Wildman–Crippen LogP) is 2.19. The molecule has 0 radical (unpaired) electrons. The molecule has 0 saturated carbocycles. The topological polar surface area (TPSA) is 74.6 Å². The van der Waals surface area contributed by atoms with Crippen LogP contribution in [0.2, 0.25) is 0 Å². The molecule has 0 bridgehead atoms. The molecule has 1 aromatic rings. The maximum Gasteiger partial charge on any atom is 0.337 e. The second-order valence-electron chi connectivity index (χ2n) is 2.76. The van der Waals surface area contributed by atoms with Gasteiger partial charge in [-0.05, 0) is 17.4 Å². The molecule has 0 aliphatic heterocycles. The van der Waals surface area contributed by atoms with Crippen molar-refractivity contribution >= 4 is 35.0 Å². The number of aromatic carboxylic acids is 1. The minimum absolute atomic E-state index is 0.107. The van der Waals surface area contributed by atoms with Crippen LogP contribution >= 0.6 is 23.1 Å². The number of aryl methyl sites for hydroxylation is 1. The molecule has 0 aliphatic rings. The second kappa shape index (κ2) is 5.18. The molecule has 0 unspecified atom stereocenters. The highest BCUT2D eigenvalue weighted by atomic mass is 32.2. The largest absolute Gasteiger partial charge is 0.481 e. The summed E-state index contributed by atoms with van der Waals surface area (Å²) < 4.78 is 0.571. The molecule has 0 aromatic carbocycles. The number of hydrogen-bond donors (Lipinski definition) is 2. The van der Waals surface area contributed by atoms with E-state index in [1.165, 1.54) is 11.3 Å². The lowest BCUT2D eigenvalue weighted by atomic mass is 10.1. The lowest BCUT2D eigenvalue weighted by Gasteiger charge is -1.99. The fourth-order valence-corrected chi connectivity index (χ4v) is 3.17. The van der Waals surface area contributed by atoms with Crippen LogP contribution in [0.1, 0.15) is 22.8 Å². The molecular formula is C9H10O4S2. The third-order valence-corrected chi connectivity index (χ3v) is 4.08. The molecule has 0 aliphatic carbocycles. The normalized spacial score (nSPS) is 10.2. The van der Waals surface area contributed by atoms with Gasteiger partial charge in [-0.2, -0.15) is 0 Å². The van der Waals surface area contributed by atoms with Gasteiger partial charge >= 0.3 is 11.9 Å². The van der Waals surface area contributed by atoms with E-state index in [0.29, 0.717) is 10.6 Å². The Morgan fingerprint density at radius 3 is 2.60 bits per heavy atom. The van der Waals surface area contributed by atoms with Gasteiger partial charge in [0.05, 0.1) is 15.5 Å². The Labute approximate surface area is 94.9 Å². The van der Waals surface area contributed by atoms with E-state index < -0.39 is 11.9 Å². The summed E-state index contributed by atoms with van der Waals surface area (Å²) in [5.41, 5.74) is 1.02. The summed E-state index contributed by atoms with van der Waals surface area (Å²) >= 11 is 2.35. The van der Waals surface area contributed by atoms with Crippen LogP contribution < -0.4 is 0 Å². The lowest BCUT2D eigenvalue weighted by molar-refractivity contribution is -0.133. The van der Waals surface area contributed by atoms with Gasteiger partial charge in [-0.25, -0.2) is 4.79 Å². The zero-order chi connectivity index (χ0) is 11.4. The van der Waals surface area contributed by atoms with Crippen LogP contribution in [0.15, 0.2) is 9.59 Å². The maximum absolute atomic E-state index is 11.0. The predicted molar refractivity (Wildman–Crippen MR) is 59.0 cm³/mol. The van der Waals surface area contributed by atoms with Crippen LogP contribution in [0.5, 0.6) is 0 Å². The van der Waals surface area contributed by atoms with Gasteiger partial charge in [0, 0.05) is 0 Å². The van der Waals surface area contributed by atoms with Gasteiger partial charge in [-0.3, -0.25) is 4.79 Å². The minimum atomic E-state index is -0.985. The first-order valence-electron chi connectivity index (χ1n) is 4.24. The highest BCUT2D eigenvalue weighted by Gasteiger charge is 2.18. The number of thioether (sulfide) groups is 1. The fraction of sp³-hybridized carbons (Fsp3) is 0.333. The molecule has 1 aromatic heterocycles. The smallest absolute Gasteiger partial charge is 0.337 e. The van der Waals surface area contributed by atoms with Crippen molar-refractivity contribution in [3.63, 3.8) is 0 Å². The Balaban J connectivity index is 2.92. The third-order valence-electron chi connectivity index (χ3n) is 1.75. The molecule has 15 heavy (non-hydrogen) atoms. The number of carboxylic acid groups (broad SMARTS) is 2. The van der Waals surface area contributed by atoms with Crippen LogP contribution in [0.3, 0.4) is 0 Å². The van der Waals surface area contributed by atoms with Crippen LogP contribution in [-0.2, 0) is 11.2 Å². The Hall–Kier alpha value is -1.01. The van der Waals surface area contributed by atoms with Gasteiger partial charge in [-0.1, -0.05) is 6.92 Å². The molecule has 0 spiro atoms. The average molecular weight is 246 g/mol. The van der Waals surface area contributed by atoms with Crippen LogP contribution in [0, 0.1) is 0 Å². The van der Waals surface area contributed by atoms with Gasteiger partial charge in [0.1, 0.15) is 0 Å². The summed E-state index contributed by atoms with van der Waals surface area (Å²) in [5.74, 6) is -2.03. The Bertz CT molecular complexity index is 383. The summed E-state index contributed by atoms with van der Waals surface area (Å²) in [4.78, 5) is 21.3. The third kappa shape index (κ3) is 2.97. The summed E-state index contributed by atoms with van der Waals surface area (Å²) in [6.07, 6.45) is 0.645. The molecular weight excluding hydrogens is 236 g/mol. The first-order chi connectivity index (χ1) is 7.06. The SMILES string of the molecule is CCc1csc(SCC(=O)O)c1C(=O)O. The van der Waals surface area contributed by atoms with Crippen molar-refractivity contribution in [2.75, 3.05) is 5.75 Å². The number of aliphatic carboxylic acids is 1. The van der Waals surface area contributed by atoms with Crippen molar-refractivity contribution in [3.05, 3.63) is 16.5 Å². The minimum Gasteiger partial charge on any atom is -0.481 e. The zero-order valence-electron chi connectivity index (χ0n) is 8.02. The number of carbonyl (C=O) groups is 2. The molecule has 0 saturated heterocycles. The first-order valence-corrected chi connectivity index (χ1v) is 6.11. The summed E-state index contributed by atoms with van der Waals surface area (Å²) in [6.45, 7) is 1.88. The van der Waals surface area contributed by atoms with Crippen molar-refractivity contribution in [3.8, 4) is 0 Å². The van der Waals surface area contributed by atoms with Crippen molar-refractivity contribution in [1.29, 1.82) is 0 Å². The average Bonchev–Trinajstić information content (AvgIpc) is 2.57. The Morgan fingerprint density at radius 2 is 2.13 bits per heavy atom. The van der Waals surface area contributed by atoms with Gasteiger partial charge in [0.25, 0.3) is 0 Å². The van der Waals surface area contributed by atoms with E-state index in [0.717, 1.165) is 17.3 Å². The van der Waals surface area contributed by atoms with E-state index in [4.69, 9.17) is 10.2 Å². The van der Waals surface area contributed by atoms with Crippen LogP contribution in [0.4, 0.5) is 0 Å². The van der Waals surface area contributed by atoms with Crippen LogP contribution in [0.25, 0.3) is 0 Å². The van der Waals surface area contributed by atoms with Gasteiger partial charge < -0.3 is 10.2 Å². The van der Waals surface area contributed by atoms with E-state index in [9.17, 15) is 9.59 Å². The molecule has 1 rings (SSSR count). The van der Waals surface area contributed by atoms with E-state index in [1.807, 2.05) is 6.92 Å². The van der Waals surface area contributed by atoms with Gasteiger partial charge in [-0.15, -0.1) is 23.1 Å². The molecule has 4 nitrogen and oxygen atoms in total. The summed E-state index contributed by atoms with van der Waals surface area (Å²) in [5, 5.41) is 19.3. The van der Waals surface area contributed by atoms with Crippen molar-refractivity contribution in [2.24, 2.45) is 0 Å². The molecule has 1 heterocycles. The van der Waals surface area contributed by atoms with E-state index >= 15 is 0 Å². The molecule has 6 heteroatoms. The number of rotatable bonds is 5. The molecule has 82 valence electrons. The molecule has 0 fully saturated rings. The zero-order valence-corrected chi connectivity index (χ0v) is 9.65. The van der Waals surface area contributed by atoms with Gasteiger partial charge in [0.2, 0.25) is 0 Å². The summed E-state index contributed by atoms with van der Waals surface area (Å²) in [6, 6.07) is 0. The highest BCUT2D eigenvalue weighted by molar-refractivity contribution is 8.01. The molecule has 0 amide bonds. The summed E-state index contributed by atoms with van der Waals surface area (Å²) in [7, 11) is 0. The monoisotopic (exact) mass is 246 g/mol. The van der Waals surface area contributed by atoms with Crippen molar-refractivity contribution in [2.45, 2.75) is 17.6 Å². The number of carboxylic acids is 2. The standard InChI is InChI=1S/C9H10O4S2/c1-2-5-3-14-9(7(5)8(12)13)15-4-6(10)11/h3H,2,4H2,1H3,(H,10,11)(H,12,13). The highest BCUT2D eigenvalue weighted by Crippen LogP contribution is 2.32. The number of hydrogen-bond acceptors (Lipinski definition) is 4. The van der Waals surface area contributed by atoms with Crippen molar-refractivity contribution < 1.29 is 19.8 Å². The van der Waals surface area contributed by atoms with Crippen molar-refractivity contribution in [1.82, 2.24) is 0 Å². The Morgan fingerprint density at radius 1 is 1.47 bits per heavy atom. The fourth-order valence-electron chi connectivity index (χ4n) is 1.09. The van der Waals surface area contributed by atoms with E-state index in [2.05, 4.69) is 0 Å². The maximum atomic E-state index is 11.0. The first kappa shape index (κ1) is 12.1. The van der Waals surface area contributed by atoms with E-state index in [1.54, 1.807) is 5.38 Å².